The van der Waals surface area contributed by atoms with Crippen LogP contribution in [0.15, 0.2) is 66.9 Å². The third-order valence-corrected chi connectivity index (χ3v) is 5.07. The first-order valence-corrected chi connectivity index (χ1v) is 8.19. The van der Waals surface area contributed by atoms with Gasteiger partial charge in [-0.05, 0) is 42.3 Å². The highest BCUT2D eigenvalue weighted by Gasteiger charge is 2.31. The molecule has 1 saturated carbocycles. The number of hydrogen-bond donors (Lipinski definition) is 1. The zero-order valence-corrected chi connectivity index (χ0v) is 12.7. The molecule has 0 radical (unpaired) electrons. The lowest BCUT2D eigenvalue weighted by molar-refractivity contribution is 0.283. The molecule has 1 heterocycles. The number of benzene rings is 2. The molecule has 1 aromatic heterocycles. The Hall–Kier alpha value is -2.06. The molecule has 3 atom stereocenters. The Morgan fingerprint density at radius 2 is 1.64 bits per heavy atom. The number of fused-ring (bicyclic) bond motifs is 1. The molecule has 0 spiro atoms. The van der Waals surface area contributed by atoms with E-state index in [0.717, 1.165) is 12.8 Å². The molecule has 112 valence electrons. The predicted octanol–water partition coefficient (Wildman–Crippen LogP) is 4.48. The zero-order chi connectivity index (χ0) is 14.9. The number of aromatic nitrogens is 1. The summed E-state index contributed by atoms with van der Waals surface area (Å²) < 4.78 is 2.45. The number of para-hydroxylation sites is 1. The summed E-state index contributed by atoms with van der Waals surface area (Å²) in [5.41, 5.74) is 9.07. The Morgan fingerprint density at radius 3 is 2.50 bits per heavy atom. The topological polar surface area (TPSA) is 30.9 Å². The fourth-order valence-corrected chi connectivity index (χ4v) is 3.97. The van der Waals surface area contributed by atoms with Crippen LogP contribution in [0.25, 0.3) is 10.9 Å². The highest BCUT2D eigenvalue weighted by Crippen LogP contribution is 2.42. The van der Waals surface area contributed by atoms with Crippen LogP contribution in [-0.4, -0.2) is 10.6 Å². The molecule has 0 bridgehead atoms. The molecule has 22 heavy (non-hydrogen) atoms. The first-order chi connectivity index (χ1) is 10.8. The summed E-state index contributed by atoms with van der Waals surface area (Å²) in [6.07, 6.45) is 5.58. The lowest BCUT2D eigenvalue weighted by Gasteiger charge is -2.36. The molecular formula is C20H22N2. The Kier molecular flexibility index (Phi) is 3.47. The highest BCUT2D eigenvalue weighted by molar-refractivity contribution is 5.80. The molecule has 1 aliphatic rings. The van der Waals surface area contributed by atoms with Gasteiger partial charge in [0.25, 0.3) is 0 Å². The number of hydrogen-bond acceptors (Lipinski definition) is 1. The van der Waals surface area contributed by atoms with Crippen molar-refractivity contribution in [3.63, 3.8) is 0 Å². The van der Waals surface area contributed by atoms with E-state index in [9.17, 15) is 0 Å². The van der Waals surface area contributed by atoms with Gasteiger partial charge in [-0.2, -0.15) is 0 Å². The molecule has 1 fully saturated rings. The summed E-state index contributed by atoms with van der Waals surface area (Å²) in [7, 11) is 0. The van der Waals surface area contributed by atoms with E-state index < -0.39 is 0 Å². The van der Waals surface area contributed by atoms with Crippen LogP contribution in [0.1, 0.15) is 36.8 Å². The van der Waals surface area contributed by atoms with Crippen LogP contribution < -0.4 is 5.73 Å². The van der Waals surface area contributed by atoms with Gasteiger partial charge in [-0.15, -0.1) is 0 Å². The maximum atomic E-state index is 6.30. The molecule has 0 aliphatic heterocycles. The van der Waals surface area contributed by atoms with Crippen LogP contribution in [0.2, 0.25) is 0 Å². The minimum absolute atomic E-state index is 0.311. The van der Waals surface area contributed by atoms with E-state index >= 15 is 0 Å². The number of rotatable bonds is 2. The van der Waals surface area contributed by atoms with E-state index in [4.69, 9.17) is 5.73 Å². The second kappa shape index (κ2) is 5.62. The Morgan fingerprint density at radius 1 is 0.864 bits per heavy atom. The SMILES string of the molecule is NC1CCC(c2ccccc2)C(n2ccc3ccccc32)C1. The first kappa shape index (κ1) is 13.6. The maximum Gasteiger partial charge on any atom is 0.0483 e. The van der Waals surface area contributed by atoms with Gasteiger partial charge in [0, 0.05) is 29.7 Å². The Labute approximate surface area is 131 Å². The maximum absolute atomic E-state index is 6.30. The van der Waals surface area contributed by atoms with E-state index in [1.807, 2.05) is 0 Å². The van der Waals surface area contributed by atoms with Crippen LogP contribution >= 0.6 is 0 Å². The normalized spacial score (nSPS) is 25.4. The standard InChI is InChI=1S/C20H22N2/c21-17-10-11-18(15-6-2-1-3-7-15)20(14-17)22-13-12-16-8-4-5-9-19(16)22/h1-9,12-13,17-18,20H,10-11,14,21H2. The molecule has 4 rings (SSSR count). The molecule has 3 aromatic rings. The van der Waals surface area contributed by atoms with Gasteiger partial charge in [0.1, 0.15) is 0 Å². The highest BCUT2D eigenvalue weighted by atomic mass is 15.0. The number of nitrogens with two attached hydrogens (primary N) is 1. The molecule has 1 aliphatic carbocycles. The van der Waals surface area contributed by atoms with Gasteiger partial charge in [0.2, 0.25) is 0 Å². The summed E-state index contributed by atoms with van der Waals surface area (Å²) in [4.78, 5) is 0. The van der Waals surface area contributed by atoms with Crippen molar-refractivity contribution in [2.75, 3.05) is 0 Å². The van der Waals surface area contributed by atoms with Crippen molar-refractivity contribution in [1.82, 2.24) is 4.57 Å². The van der Waals surface area contributed by atoms with Gasteiger partial charge < -0.3 is 10.3 Å². The largest absolute Gasteiger partial charge is 0.344 e. The van der Waals surface area contributed by atoms with E-state index in [1.165, 1.54) is 22.9 Å². The molecule has 3 unspecified atom stereocenters. The second-order valence-corrected chi connectivity index (χ2v) is 6.44. The lowest BCUT2D eigenvalue weighted by atomic mass is 9.78. The van der Waals surface area contributed by atoms with Crippen molar-refractivity contribution in [3.8, 4) is 0 Å². The molecular weight excluding hydrogens is 268 g/mol. The average molecular weight is 290 g/mol. The second-order valence-electron chi connectivity index (χ2n) is 6.44. The van der Waals surface area contributed by atoms with Crippen molar-refractivity contribution < 1.29 is 0 Å². The summed E-state index contributed by atoms with van der Waals surface area (Å²) in [5, 5.41) is 1.31. The van der Waals surface area contributed by atoms with Crippen molar-refractivity contribution in [1.29, 1.82) is 0 Å². The van der Waals surface area contributed by atoms with Crippen molar-refractivity contribution in [2.45, 2.75) is 37.3 Å². The molecule has 0 amide bonds. The Balaban J connectivity index is 1.78. The molecule has 2 nitrogen and oxygen atoms in total. The van der Waals surface area contributed by atoms with Gasteiger partial charge in [0.05, 0.1) is 0 Å². The van der Waals surface area contributed by atoms with E-state index in [2.05, 4.69) is 71.4 Å². The fraction of sp³-hybridized carbons (Fsp3) is 0.300. The summed E-state index contributed by atoms with van der Waals surface area (Å²) in [6.45, 7) is 0. The lowest BCUT2D eigenvalue weighted by Crippen LogP contribution is -2.33. The third-order valence-electron chi connectivity index (χ3n) is 5.07. The fourth-order valence-electron chi connectivity index (χ4n) is 3.97. The van der Waals surface area contributed by atoms with Crippen molar-refractivity contribution in [3.05, 3.63) is 72.4 Å². The van der Waals surface area contributed by atoms with Crippen molar-refractivity contribution >= 4 is 10.9 Å². The quantitative estimate of drug-likeness (QED) is 0.741. The van der Waals surface area contributed by atoms with Crippen LogP contribution in [0.4, 0.5) is 0 Å². The molecule has 2 aromatic carbocycles. The molecule has 0 saturated heterocycles. The average Bonchev–Trinajstić information content (AvgIpc) is 2.99. The van der Waals surface area contributed by atoms with Crippen LogP contribution in [-0.2, 0) is 0 Å². The van der Waals surface area contributed by atoms with Crippen LogP contribution in [0.5, 0.6) is 0 Å². The predicted molar refractivity (Wildman–Crippen MR) is 92.0 cm³/mol. The monoisotopic (exact) mass is 290 g/mol. The minimum Gasteiger partial charge on any atom is -0.344 e. The van der Waals surface area contributed by atoms with Gasteiger partial charge in [-0.3, -0.25) is 0 Å². The summed E-state index contributed by atoms with van der Waals surface area (Å²) in [6, 6.07) is 22.5. The number of nitrogens with zero attached hydrogens (tertiary/aromatic N) is 1. The molecule has 2 N–H and O–H groups in total. The minimum atomic E-state index is 0.311. The van der Waals surface area contributed by atoms with Crippen LogP contribution in [0, 0.1) is 0 Å². The van der Waals surface area contributed by atoms with Gasteiger partial charge >= 0.3 is 0 Å². The first-order valence-electron chi connectivity index (χ1n) is 8.19. The Bertz CT molecular complexity index is 759. The van der Waals surface area contributed by atoms with Gasteiger partial charge in [-0.1, -0.05) is 48.5 Å². The summed E-state index contributed by atoms with van der Waals surface area (Å²) >= 11 is 0. The smallest absolute Gasteiger partial charge is 0.0483 e. The third kappa shape index (κ3) is 2.34. The van der Waals surface area contributed by atoms with E-state index in [0.29, 0.717) is 18.0 Å². The van der Waals surface area contributed by atoms with Gasteiger partial charge in [0.15, 0.2) is 0 Å². The van der Waals surface area contributed by atoms with E-state index in [-0.39, 0.29) is 0 Å². The molecule has 2 heteroatoms. The summed E-state index contributed by atoms with van der Waals surface area (Å²) in [5.74, 6) is 0.553. The van der Waals surface area contributed by atoms with Crippen LogP contribution in [0.3, 0.4) is 0 Å². The zero-order valence-electron chi connectivity index (χ0n) is 12.7. The van der Waals surface area contributed by atoms with Crippen molar-refractivity contribution in [2.24, 2.45) is 5.73 Å². The van der Waals surface area contributed by atoms with E-state index in [1.54, 1.807) is 0 Å². The van der Waals surface area contributed by atoms with Gasteiger partial charge in [-0.25, -0.2) is 0 Å².